The maximum absolute atomic E-state index is 10.4. The van der Waals surface area contributed by atoms with Gasteiger partial charge >= 0.3 is 17.2 Å². The van der Waals surface area contributed by atoms with Crippen molar-refractivity contribution < 1.29 is 23.1 Å². The van der Waals surface area contributed by atoms with E-state index in [1.807, 2.05) is 0 Å². The maximum Gasteiger partial charge on any atom is 0.470 e. The van der Waals surface area contributed by atoms with Crippen molar-refractivity contribution in [3.8, 4) is 11.5 Å². The lowest BCUT2D eigenvalue weighted by atomic mass is 9.60. The SMILES string of the molecule is CCCCCCCCCCCCCC(CCCCCCCCCCCCC)(CCCCCCCCCCCCC)CCC1(CCCCCCCCCCCCC)c2cc(C(C)(C)C)c(cc2C)OP(OP(O)O)Oc2cc(C)c1cc2C(C)(C)C. The molecule has 0 aliphatic carbocycles. The summed E-state index contributed by atoms with van der Waals surface area (Å²) in [5.74, 6) is 1.45. The van der Waals surface area contributed by atoms with Crippen molar-refractivity contribution >= 4 is 17.2 Å². The highest BCUT2D eigenvalue weighted by molar-refractivity contribution is 7.55. The first-order valence-corrected chi connectivity index (χ1v) is 39.6. The van der Waals surface area contributed by atoms with Crippen molar-refractivity contribution in [2.45, 2.75) is 420 Å². The van der Waals surface area contributed by atoms with Crippen LogP contribution in [0, 0.1) is 19.3 Å². The van der Waals surface area contributed by atoms with Gasteiger partial charge in [-0.05, 0) is 103 Å². The molecule has 2 aromatic rings. The third-order valence-electron chi connectivity index (χ3n) is 20.0. The molecule has 0 unspecified atom stereocenters. The standard InChI is InChI=1S/C78H142O5P2/c1-13-17-21-25-29-33-37-41-45-49-53-57-77(58-54-50-46-42-38-34-30-26-22-18-14-2,59-55-51-47-43-39-35-31-27-23-19-15-3)61-62-78(60-56-52-48-44-40-36-32-28-24-20-16-4)69-65-71(75(7,8)9)73(63-67(69)5)81-85(83-84(79)80)82-74-64-68(6)70(78)66-72(74)76(10,11)12/h63-66,79-80H,13-62H2,1-12H3. The number of hydrogen-bond donors (Lipinski definition) is 2. The van der Waals surface area contributed by atoms with Crippen LogP contribution in [-0.4, -0.2) is 9.79 Å². The van der Waals surface area contributed by atoms with E-state index in [0.29, 0.717) is 5.41 Å². The molecule has 0 fully saturated rings. The molecular weight excluding hydrogens is 1080 g/mol. The Balaban J connectivity index is 2.20. The summed E-state index contributed by atoms with van der Waals surface area (Å²) >= 11 is 0. The lowest BCUT2D eigenvalue weighted by molar-refractivity contribution is 0.158. The molecule has 0 saturated carbocycles. The Hall–Kier alpha value is -1.22. The number of rotatable bonds is 53. The minimum Gasteiger partial charge on any atom is -0.417 e. The molecule has 4 bridgehead atoms. The molecule has 7 heteroatoms. The maximum atomic E-state index is 10.4. The van der Waals surface area contributed by atoms with Gasteiger partial charge in [0, 0.05) is 16.5 Å². The molecule has 494 valence electrons. The van der Waals surface area contributed by atoms with Crippen LogP contribution < -0.4 is 9.05 Å². The van der Waals surface area contributed by atoms with Gasteiger partial charge in [-0.3, -0.25) is 0 Å². The molecule has 0 saturated heterocycles. The number of benzene rings is 2. The van der Waals surface area contributed by atoms with E-state index in [1.165, 1.54) is 330 Å². The molecule has 0 spiro atoms. The highest BCUT2D eigenvalue weighted by Gasteiger charge is 2.43. The Morgan fingerprint density at radius 1 is 0.365 bits per heavy atom. The van der Waals surface area contributed by atoms with Gasteiger partial charge in [-0.1, -0.05) is 364 Å². The third kappa shape index (κ3) is 32.1. The van der Waals surface area contributed by atoms with Gasteiger partial charge in [0.2, 0.25) is 0 Å². The summed E-state index contributed by atoms with van der Waals surface area (Å²) in [4.78, 5) is 20.8. The van der Waals surface area contributed by atoms with Gasteiger partial charge in [-0.15, -0.1) is 0 Å². The van der Waals surface area contributed by atoms with E-state index in [1.54, 1.807) is 0 Å². The third-order valence-corrected chi connectivity index (χ3v) is 21.8. The smallest absolute Gasteiger partial charge is 0.417 e. The van der Waals surface area contributed by atoms with Crippen LogP contribution in [0.25, 0.3) is 0 Å². The Kier molecular flexibility index (Phi) is 42.2. The van der Waals surface area contributed by atoms with Crippen molar-refractivity contribution in [3.05, 3.63) is 57.6 Å². The fourth-order valence-electron chi connectivity index (χ4n) is 14.6. The molecule has 5 nitrogen and oxygen atoms in total. The molecule has 85 heavy (non-hydrogen) atoms. The van der Waals surface area contributed by atoms with E-state index in [0.717, 1.165) is 35.5 Å². The molecule has 4 aliphatic rings. The van der Waals surface area contributed by atoms with E-state index in [9.17, 15) is 9.79 Å². The summed E-state index contributed by atoms with van der Waals surface area (Å²) in [5, 5.41) is 0. The molecule has 0 amide bonds. The molecule has 2 aromatic carbocycles. The van der Waals surface area contributed by atoms with Gasteiger partial charge < -0.3 is 18.8 Å². The van der Waals surface area contributed by atoms with E-state index in [4.69, 9.17) is 13.4 Å². The Bertz CT molecular complexity index is 1810. The second-order valence-corrected chi connectivity index (χ2v) is 31.8. The summed E-state index contributed by atoms with van der Waals surface area (Å²) in [7, 11) is -4.91. The topological polar surface area (TPSA) is 68.2 Å². The summed E-state index contributed by atoms with van der Waals surface area (Å²) < 4.78 is 19.5. The van der Waals surface area contributed by atoms with Crippen LogP contribution in [0.15, 0.2) is 24.3 Å². The largest absolute Gasteiger partial charge is 0.470 e. The first-order valence-electron chi connectivity index (χ1n) is 37.3. The Labute approximate surface area is 532 Å². The van der Waals surface area contributed by atoms with Gasteiger partial charge in [-0.2, -0.15) is 0 Å². The monoisotopic (exact) mass is 1220 g/mol. The second-order valence-electron chi connectivity index (χ2n) is 29.8. The zero-order chi connectivity index (χ0) is 62.1. The van der Waals surface area contributed by atoms with E-state index in [-0.39, 0.29) is 16.2 Å². The predicted octanol–water partition coefficient (Wildman–Crippen LogP) is 28.0. The van der Waals surface area contributed by atoms with Crippen molar-refractivity contribution in [3.63, 3.8) is 0 Å². The second kappa shape index (κ2) is 45.9. The zero-order valence-corrected chi connectivity index (χ0v) is 60.5. The average molecular weight is 1220 g/mol. The lowest BCUT2D eigenvalue weighted by Gasteiger charge is -2.44. The van der Waals surface area contributed by atoms with Crippen LogP contribution in [0.3, 0.4) is 0 Å². The van der Waals surface area contributed by atoms with Gasteiger partial charge in [0.1, 0.15) is 11.5 Å². The quantitative estimate of drug-likeness (QED) is 0.0510. The number of aryl methyl sites for hydroxylation is 2. The van der Waals surface area contributed by atoms with E-state index < -0.39 is 17.2 Å². The minimum absolute atomic E-state index is 0.230. The van der Waals surface area contributed by atoms with E-state index >= 15 is 0 Å². The van der Waals surface area contributed by atoms with Crippen LogP contribution >= 0.6 is 17.2 Å². The molecule has 0 aromatic heterocycles. The molecular formula is C78H142O5P2. The van der Waals surface area contributed by atoms with Gasteiger partial charge in [0.15, 0.2) is 0 Å². The molecule has 0 radical (unpaired) electrons. The fraction of sp³-hybridized carbons (Fsp3) is 0.846. The van der Waals surface area contributed by atoms with Crippen molar-refractivity contribution in [1.82, 2.24) is 0 Å². The minimum atomic E-state index is -2.73. The predicted molar refractivity (Wildman–Crippen MR) is 377 cm³/mol. The van der Waals surface area contributed by atoms with Crippen LogP contribution in [0.1, 0.15) is 424 Å². The number of unbranched alkanes of at least 4 members (excludes halogenated alkanes) is 40. The lowest BCUT2D eigenvalue weighted by Crippen LogP contribution is -2.34. The molecule has 2 N–H and O–H groups in total. The van der Waals surface area contributed by atoms with Crippen LogP contribution in [-0.2, 0) is 20.6 Å². The van der Waals surface area contributed by atoms with E-state index in [2.05, 4.69) is 107 Å². The highest BCUT2D eigenvalue weighted by Crippen LogP contribution is 2.58. The normalized spacial score (nSPS) is 15.7. The Morgan fingerprint density at radius 3 is 0.882 bits per heavy atom. The van der Waals surface area contributed by atoms with Gasteiger partial charge in [0.25, 0.3) is 0 Å². The average Bonchev–Trinajstić information content (AvgIpc) is 0.977. The Morgan fingerprint density at radius 2 is 0.624 bits per heavy atom. The van der Waals surface area contributed by atoms with Crippen molar-refractivity contribution in [1.29, 1.82) is 0 Å². The molecule has 0 atom stereocenters. The van der Waals surface area contributed by atoms with Gasteiger partial charge in [-0.25, -0.2) is 4.31 Å². The molecule has 4 heterocycles. The summed E-state index contributed by atoms with van der Waals surface area (Å²) in [6.45, 7) is 27.8. The molecule has 4 aliphatic heterocycles. The highest BCUT2D eigenvalue weighted by atomic mass is 31.2. The molecule has 6 rings (SSSR count). The summed E-state index contributed by atoms with van der Waals surface area (Å²) in [6.07, 6.45) is 68.5. The first kappa shape index (κ1) is 78.0. The van der Waals surface area contributed by atoms with Crippen molar-refractivity contribution in [2.75, 3.05) is 0 Å². The van der Waals surface area contributed by atoms with Crippen molar-refractivity contribution in [2.24, 2.45) is 5.41 Å². The first-order chi connectivity index (χ1) is 41.0. The summed E-state index contributed by atoms with van der Waals surface area (Å²) in [6, 6.07) is 9.66. The van der Waals surface area contributed by atoms with Crippen LogP contribution in [0.4, 0.5) is 0 Å². The summed E-state index contributed by atoms with van der Waals surface area (Å²) in [5.41, 5.74) is 7.28. The van der Waals surface area contributed by atoms with Crippen LogP contribution in [0.2, 0.25) is 0 Å². The zero-order valence-electron chi connectivity index (χ0n) is 58.7. The van der Waals surface area contributed by atoms with Crippen LogP contribution in [0.5, 0.6) is 11.5 Å². The fourth-order valence-corrected chi connectivity index (χ4v) is 16.0. The van der Waals surface area contributed by atoms with Gasteiger partial charge in [0.05, 0.1) is 0 Å². The number of hydrogen-bond acceptors (Lipinski definition) is 5.